The summed E-state index contributed by atoms with van der Waals surface area (Å²) in [4.78, 5) is 28.2. The Morgan fingerprint density at radius 2 is 1.70 bits per heavy atom. The van der Waals surface area contributed by atoms with E-state index in [1.54, 1.807) is 18.2 Å². The van der Waals surface area contributed by atoms with E-state index in [2.05, 4.69) is 30.6 Å². The molecule has 11 nitrogen and oxygen atoms in total. The van der Waals surface area contributed by atoms with Crippen molar-refractivity contribution in [2.24, 2.45) is 22.9 Å². The van der Waals surface area contributed by atoms with Crippen molar-refractivity contribution in [3.05, 3.63) is 113 Å². The van der Waals surface area contributed by atoms with Crippen molar-refractivity contribution in [3.8, 4) is 11.5 Å². The second-order valence-corrected chi connectivity index (χ2v) is 20.0. The van der Waals surface area contributed by atoms with Crippen LogP contribution < -0.4 is 9.47 Å². The number of allylic oxidation sites excluding steroid dienone is 1. The van der Waals surface area contributed by atoms with Gasteiger partial charge >= 0.3 is 0 Å². The molecule has 12 heteroatoms. The maximum atomic E-state index is 15.3. The number of aromatic nitrogens is 1. The largest absolute Gasteiger partial charge is 0.487 e. The van der Waals surface area contributed by atoms with Crippen LogP contribution in [0.2, 0.25) is 0 Å². The second-order valence-electron chi connectivity index (χ2n) is 20.0. The van der Waals surface area contributed by atoms with Crippen molar-refractivity contribution >= 4 is 11.6 Å². The number of carbonyl (C=O) groups excluding carboxylic acids is 1. The van der Waals surface area contributed by atoms with Crippen molar-refractivity contribution < 1.29 is 43.2 Å². The molecule has 0 radical (unpaired) electrons. The van der Waals surface area contributed by atoms with E-state index >= 15 is 4.79 Å². The molecule has 2 aromatic carbocycles. The molecule has 7 unspecified atom stereocenters. The molecule has 3 aromatic rings. The van der Waals surface area contributed by atoms with Gasteiger partial charge in [-0.2, -0.15) is 0 Å². The Bertz CT molecular complexity index is 2160. The smallest absolute Gasteiger partial charge is 0.239 e. The lowest BCUT2D eigenvalue weighted by molar-refractivity contribution is -0.258. The molecule has 2 aliphatic heterocycles. The first-order valence-corrected chi connectivity index (χ1v) is 26.7. The van der Waals surface area contributed by atoms with E-state index in [4.69, 9.17) is 28.9 Å². The first-order valence-electron chi connectivity index (χ1n) is 26.7. The van der Waals surface area contributed by atoms with Gasteiger partial charge in [0.15, 0.2) is 0 Å². The predicted molar refractivity (Wildman–Crippen MR) is 272 cm³/mol. The Labute approximate surface area is 416 Å². The van der Waals surface area contributed by atoms with Crippen LogP contribution in [0, 0.1) is 30.5 Å². The molecule has 0 bridgehead atoms. The topological polar surface area (TPSA) is 132 Å². The van der Waals surface area contributed by atoms with Crippen LogP contribution in [0.5, 0.6) is 11.5 Å². The third kappa shape index (κ3) is 13.9. The van der Waals surface area contributed by atoms with Gasteiger partial charge < -0.3 is 38.9 Å². The molecule has 7 rings (SSSR count). The lowest BCUT2D eigenvalue weighted by Crippen LogP contribution is -2.70. The van der Waals surface area contributed by atoms with Gasteiger partial charge in [-0.3, -0.25) is 9.78 Å². The molecular weight excluding hydrogens is 886 g/mol. The highest BCUT2D eigenvalue weighted by atomic mass is 19.1. The monoisotopic (exact) mass is 966 g/mol. The molecule has 7 atom stereocenters. The van der Waals surface area contributed by atoms with Gasteiger partial charge in [0.2, 0.25) is 18.0 Å². The number of aliphatic hydroxyl groups excluding tert-OH is 2. The van der Waals surface area contributed by atoms with Gasteiger partial charge in [0.1, 0.15) is 30.0 Å². The molecular formula is C58H80FN3O8. The number of aliphatic hydroxyl groups is 2. The fourth-order valence-corrected chi connectivity index (χ4v) is 11.4. The standard InChI is InChI=1S/C58H80FN3O8/c1-4-6-7-8-9-10-11-12-13-25-54(65)62(40-43-27-29-45(59)30-28-43)53-39-51(61-70-55-26-16-19-36-66-55)49-37-44(22-14-17-33-63)48(24-15-18-34-64)56-50-38-47(67-41-46-23-20-21-42(3)60-46)31-32-52(50)69-58(53,57(49)56)68-35-5-2/h5,20-21,23,27-32,37-38,44,48,53,55-57,63-64H,2,4,6-19,22,24-26,33-36,39-41H2,1,3H3. The molecule has 1 saturated heterocycles. The van der Waals surface area contributed by atoms with Crippen LogP contribution >= 0.6 is 0 Å². The van der Waals surface area contributed by atoms with Gasteiger partial charge in [-0.1, -0.05) is 107 Å². The molecule has 4 aliphatic rings. The molecule has 1 saturated carbocycles. The summed E-state index contributed by atoms with van der Waals surface area (Å²) >= 11 is 0. The molecule has 70 heavy (non-hydrogen) atoms. The van der Waals surface area contributed by atoms with Crippen LogP contribution in [0.25, 0.3) is 0 Å². The normalized spacial score (nSPS) is 24.2. The fraction of sp³-hybridized carbons (Fsp3) is 0.603. The quantitative estimate of drug-likeness (QED) is 0.0396. The Morgan fingerprint density at radius 3 is 2.41 bits per heavy atom. The molecule has 2 fully saturated rings. The molecule has 0 spiro atoms. The number of oxime groups is 1. The van der Waals surface area contributed by atoms with Crippen LogP contribution in [0.1, 0.15) is 164 Å². The summed E-state index contributed by atoms with van der Waals surface area (Å²) < 4.78 is 41.9. The van der Waals surface area contributed by atoms with Crippen molar-refractivity contribution in [2.45, 2.75) is 179 Å². The van der Waals surface area contributed by atoms with Gasteiger partial charge in [0.05, 0.1) is 30.5 Å². The highest BCUT2D eigenvalue weighted by Crippen LogP contribution is 2.62. The number of benzene rings is 2. The SMILES string of the molecule is C=CCOC12Oc3ccc(OCc4cccc(C)n4)cc3C3C(CCCCO)C(CCCCO)C=C(C(=NOC4CCCCO4)CC1N(Cc1ccc(F)cc1)C(=O)CCCCCCCCCCC)C32. The van der Waals surface area contributed by atoms with Gasteiger partial charge in [-0.15, -0.1) is 6.58 Å². The summed E-state index contributed by atoms with van der Waals surface area (Å²) in [6.45, 7) is 9.75. The van der Waals surface area contributed by atoms with Crippen LogP contribution in [-0.2, 0) is 32.3 Å². The van der Waals surface area contributed by atoms with E-state index in [1.807, 2.05) is 42.2 Å². The van der Waals surface area contributed by atoms with E-state index in [0.717, 1.165) is 104 Å². The number of rotatable bonds is 29. The second kappa shape index (κ2) is 27.3. The molecule has 3 heterocycles. The molecule has 1 aromatic heterocycles. The number of ether oxygens (including phenoxy) is 4. The number of pyridine rings is 1. The minimum Gasteiger partial charge on any atom is -0.487 e. The first-order chi connectivity index (χ1) is 34.3. The van der Waals surface area contributed by atoms with Crippen molar-refractivity contribution in [2.75, 3.05) is 26.4 Å². The highest BCUT2D eigenvalue weighted by molar-refractivity contribution is 6.03. The summed E-state index contributed by atoms with van der Waals surface area (Å²) in [7, 11) is 0. The Morgan fingerprint density at radius 1 is 0.943 bits per heavy atom. The third-order valence-electron chi connectivity index (χ3n) is 14.9. The number of hydrogen-bond acceptors (Lipinski definition) is 10. The van der Waals surface area contributed by atoms with Crippen molar-refractivity contribution in [1.29, 1.82) is 0 Å². The minimum absolute atomic E-state index is 0.0289. The highest BCUT2D eigenvalue weighted by Gasteiger charge is 2.65. The van der Waals surface area contributed by atoms with Crippen LogP contribution in [0.15, 0.2) is 90.1 Å². The predicted octanol–water partition coefficient (Wildman–Crippen LogP) is 12.2. The zero-order valence-electron chi connectivity index (χ0n) is 42.0. The van der Waals surface area contributed by atoms with Crippen LogP contribution in [0.3, 0.4) is 0 Å². The van der Waals surface area contributed by atoms with E-state index in [9.17, 15) is 14.6 Å². The molecule has 2 N–H and O–H groups in total. The zero-order chi connectivity index (χ0) is 49.1. The Hall–Kier alpha value is -4.62. The number of fused-ring (bicyclic) bond motifs is 2. The fourth-order valence-electron chi connectivity index (χ4n) is 11.4. The van der Waals surface area contributed by atoms with Gasteiger partial charge in [-0.25, -0.2) is 4.39 Å². The lowest BCUT2D eigenvalue weighted by atomic mass is 9.55. The number of nitrogens with zero attached hydrogens (tertiary/aromatic N) is 3. The number of aryl methyl sites for hydroxylation is 1. The summed E-state index contributed by atoms with van der Waals surface area (Å²) in [5, 5.41) is 25.2. The average Bonchev–Trinajstić information content (AvgIpc) is 3.37. The van der Waals surface area contributed by atoms with Crippen LogP contribution in [-0.4, -0.2) is 76.3 Å². The third-order valence-corrected chi connectivity index (χ3v) is 14.9. The average molecular weight is 966 g/mol. The van der Waals surface area contributed by atoms with Crippen molar-refractivity contribution in [1.82, 2.24) is 9.88 Å². The number of amides is 1. The van der Waals surface area contributed by atoms with Gasteiger partial charge in [0.25, 0.3) is 0 Å². The van der Waals surface area contributed by atoms with E-state index in [-0.39, 0.29) is 68.9 Å². The number of hydrogen-bond donors (Lipinski definition) is 2. The minimum atomic E-state index is -1.43. The summed E-state index contributed by atoms with van der Waals surface area (Å²) in [6.07, 6.45) is 21.6. The molecule has 1 amide bonds. The molecule has 2 aliphatic carbocycles. The summed E-state index contributed by atoms with van der Waals surface area (Å²) in [5.74, 6) is -1.04. The number of halogens is 1. The zero-order valence-corrected chi connectivity index (χ0v) is 42.0. The molecule has 382 valence electrons. The maximum absolute atomic E-state index is 15.3. The first kappa shape index (κ1) is 53.2. The maximum Gasteiger partial charge on any atom is 0.239 e. The van der Waals surface area contributed by atoms with Crippen molar-refractivity contribution in [3.63, 3.8) is 0 Å². The van der Waals surface area contributed by atoms with E-state index in [1.165, 1.54) is 44.2 Å². The van der Waals surface area contributed by atoms with E-state index < -0.39 is 24.0 Å². The van der Waals surface area contributed by atoms with Gasteiger partial charge in [-0.05, 0) is 117 Å². The Balaban J connectivity index is 1.36. The van der Waals surface area contributed by atoms with Crippen LogP contribution in [0.4, 0.5) is 4.39 Å². The number of unbranched alkanes of at least 4 members (excludes halogenated alkanes) is 10. The van der Waals surface area contributed by atoms with Gasteiger partial charge in [0, 0.05) is 56.2 Å². The lowest BCUT2D eigenvalue weighted by Gasteiger charge is -2.60. The Kier molecular flexibility index (Phi) is 20.7. The summed E-state index contributed by atoms with van der Waals surface area (Å²) in [6, 6.07) is 17.6. The number of carbonyl (C=O) groups is 1. The van der Waals surface area contributed by atoms with E-state index in [0.29, 0.717) is 37.4 Å². The summed E-state index contributed by atoms with van der Waals surface area (Å²) in [5.41, 5.74) is 5.19.